The lowest BCUT2D eigenvalue weighted by Gasteiger charge is -2.26. The zero-order valence-corrected chi connectivity index (χ0v) is 16.4. The van der Waals surface area contributed by atoms with E-state index in [4.69, 9.17) is 13.9 Å². The molecule has 0 radical (unpaired) electrons. The van der Waals surface area contributed by atoms with Crippen LogP contribution in [0.25, 0.3) is 0 Å². The maximum absolute atomic E-state index is 12.1. The highest BCUT2D eigenvalue weighted by atomic mass is 16.6. The molecule has 0 bridgehead atoms. The van der Waals surface area contributed by atoms with Crippen LogP contribution in [-0.2, 0) is 22.6 Å². The lowest BCUT2D eigenvalue weighted by Crippen LogP contribution is -2.40. The van der Waals surface area contributed by atoms with Crippen LogP contribution in [0.15, 0.2) is 22.7 Å². The highest BCUT2D eigenvalue weighted by molar-refractivity contribution is 5.79. The maximum Gasteiger partial charge on any atom is 0.349 e. The summed E-state index contributed by atoms with van der Waals surface area (Å²) in [6, 6.07) is 4.11. The van der Waals surface area contributed by atoms with Crippen molar-refractivity contribution in [3.05, 3.63) is 46.7 Å². The van der Waals surface area contributed by atoms with Crippen LogP contribution in [0.2, 0.25) is 0 Å². The van der Waals surface area contributed by atoms with Crippen molar-refractivity contribution in [1.29, 1.82) is 0 Å². The van der Waals surface area contributed by atoms with E-state index in [1.165, 1.54) is 0 Å². The molecular weight excluding hydrogens is 332 g/mol. The van der Waals surface area contributed by atoms with Gasteiger partial charge in [-0.15, -0.1) is 0 Å². The zero-order valence-electron chi connectivity index (χ0n) is 16.4. The number of aryl methyl sites for hydroxylation is 3. The Morgan fingerprint density at radius 1 is 1.19 bits per heavy atom. The molecule has 1 aromatic carbocycles. The van der Waals surface area contributed by atoms with Crippen molar-refractivity contribution in [2.75, 3.05) is 6.61 Å². The van der Waals surface area contributed by atoms with Gasteiger partial charge >= 0.3 is 5.97 Å². The minimum absolute atomic E-state index is 0.332. The summed E-state index contributed by atoms with van der Waals surface area (Å²) in [5.41, 5.74) is 2.05. The van der Waals surface area contributed by atoms with E-state index >= 15 is 0 Å². The Morgan fingerprint density at radius 3 is 2.38 bits per heavy atom. The second-order valence-corrected chi connectivity index (χ2v) is 6.86. The van der Waals surface area contributed by atoms with Gasteiger partial charge in [0.1, 0.15) is 11.5 Å². The molecule has 1 N–H and O–H groups in total. The third-order valence-electron chi connectivity index (χ3n) is 3.92. The van der Waals surface area contributed by atoms with E-state index in [0.29, 0.717) is 25.6 Å². The molecule has 0 saturated heterocycles. The molecular formula is C20H28N2O4. The average molecular weight is 360 g/mol. The third-order valence-corrected chi connectivity index (χ3v) is 3.92. The molecule has 142 valence electrons. The fourth-order valence-corrected chi connectivity index (χ4v) is 2.70. The van der Waals surface area contributed by atoms with Gasteiger partial charge in [-0.05, 0) is 58.2 Å². The largest absolute Gasteiger partial charge is 0.476 e. The number of oxazole rings is 1. The number of esters is 1. The van der Waals surface area contributed by atoms with Crippen LogP contribution < -0.4 is 10.1 Å². The van der Waals surface area contributed by atoms with Crippen molar-refractivity contribution in [2.45, 2.75) is 60.2 Å². The molecule has 2 rings (SSSR count). The van der Waals surface area contributed by atoms with Gasteiger partial charge in [0.15, 0.2) is 5.60 Å². The summed E-state index contributed by atoms with van der Waals surface area (Å²) < 4.78 is 16.5. The molecule has 6 heteroatoms. The molecule has 0 aliphatic heterocycles. The number of benzene rings is 1. The molecule has 26 heavy (non-hydrogen) atoms. The van der Waals surface area contributed by atoms with E-state index in [2.05, 4.69) is 22.4 Å². The Bertz CT molecular complexity index is 742. The van der Waals surface area contributed by atoms with E-state index in [1.54, 1.807) is 27.0 Å². The van der Waals surface area contributed by atoms with E-state index in [-0.39, 0.29) is 5.97 Å². The first kappa shape index (κ1) is 20.0. The third kappa shape index (κ3) is 5.08. The van der Waals surface area contributed by atoms with Crippen LogP contribution in [0.5, 0.6) is 5.75 Å². The number of nitrogens with zero attached hydrogens (tertiary/aromatic N) is 1. The Hall–Kier alpha value is -2.34. The normalized spacial score (nSPS) is 11.5. The molecule has 2 aromatic rings. The predicted molar refractivity (Wildman–Crippen MR) is 99.0 cm³/mol. The van der Waals surface area contributed by atoms with E-state index in [9.17, 15) is 4.79 Å². The number of hydrogen-bond donors (Lipinski definition) is 1. The summed E-state index contributed by atoms with van der Waals surface area (Å²) in [6.45, 7) is 12.6. The predicted octanol–water partition coefficient (Wildman–Crippen LogP) is 3.61. The van der Waals surface area contributed by atoms with Crippen LogP contribution in [0, 0.1) is 20.8 Å². The van der Waals surface area contributed by atoms with Crippen LogP contribution in [0.1, 0.15) is 49.1 Å². The minimum atomic E-state index is -1.03. The summed E-state index contributed by atoms with van der Waals surface area (Å²) in [6.07, 6.45) is 1.71. The number of nitrogens with one attached hydrogen (secondary N) is 1. The first-order chi connectivity index (χ1) is 12.2. The molecule has 0 atom stereocenters. The molecule has 1 aromatic heterocycles. The molecule has 0 aliphatic carbocycles. The van der Waals surface area contributed by atoms with E-state index in [1.807, 2.05) is 20.8 Å². The Labute approximate surface area is 154 Å². The Morgan fingerprint density at radius 2 is 1.85 bits per heavy atom. The Balaban J connectivity index is 2.03. The van der Waals surface area contributed by atoms with Gasteiger partial charge in [-0.3, -0.25) is 0 Å². The fraction of sp³-hybridized carbons (Fsp3) is 0.500. The summed E-state index contributed by atoms with van der Waals surface area (Å²) in [5, 5.41) is 3.32. The van der Waals surface area contributed by atoms with Crippen molar-refractivity contribution >= 4 is 5.97 Å². The molecule has 0 spiro atoms. The van der Waals surface area contributed by atoms with Crippen molar-refractivity contribution in [3.63, 3.8) is 0 Å². The molecule has 0 fully saturated rings. The summed E-state index contributed by atoms with van der Waals surface area (Å²) in [4.78, 5) is 16.2. The van der Waals surface area contributed by atoms with Crippen LogP contribution in [0.4, 0.5) is 0 Å². The van der Waals surface area contributed by atoms with Gasteiger partial charge in [0, 0.05) is 6.54 Å². The van der Waals surface area contributed by atoms with E-state index in [0.717, 1.165) is 28.2 Å². The summed E-state index contributed by atoms with van der Waals surface area (Å²) >= 11 is 0. The average Bonchev–Trinajstić information content (AvgIpc) is 2.96. The topological polar surface area (TPSA) is 73.6 Å². The van der Waals surface area contributed by atoms with Gasteiger partial charge < -0.3 is 19.2 Å². The number of carbonyl (C=O) groups is 1. The van der Waals surface area contributed by atoms with Gasteiger partial charge in [0.2, 0.25) is 5.89 Å². The number of aromatic nitrogens is 1. The monoisotopic (exact) mass is 360 g/mol. The number of hydrogen-bond acceptors (Lipinski definition) is 6. The molecule has 0 amide bonds. The first-order valence-corrected chi connectivity index (χ1v) is 8.81. The summed E-state index contributed by atoms with van der Waals surface area (Å²) in [7, 11) is 0. The maximum atomic E-state index is 12.1. The van der Waals surface area contributed by atoms with Crippen molar-refractivity contribution < 1.29 is 18.7 Å². The number of carbonyl (C=O) groups excluding carboxylic acids is 1. The van der Waals surface area contributed by atoms with Crippen LogP contribution in [0.3, 0.4) is 0 Å². The molecule has 6 nitrogen and oxygen atoms in total. The molecule has 0 saturated carbocycles. The highest BCUT2D eigenvalue weighted by Gasteiger charge is 2.32. The fourth-order valence-electron chi connectivity index (χ4n) is 2.70. The van der Waals surface area contributed by atoms with Crippen molar-refractivity contribution in [2.24, 2.45) is 0 Å². The Kier molecular flexibility index (Phi) is 6.42. The minimum Gasteiger partial charge on any atom is -0.476 e. The van der Waals surface area contributed by atoms with Crippen LogP contribution in [-0.4, -0.2) is 23.2 Å². The number of ether oxygens (including phenoxy) is 2. The van der Waals surface area contributed by atoms with Crippen molar-refractivity contribution in [3.8, 4) is 5.75 Å². The van der Waals surface area contributed by atoms with Crippen LogP contribution >= 0.6 is 0 Å². The molecule has 1 heterocycles. The first-order valence-electron chi connectivity index (χ1n) is 8.81. The van der Waals surface area contributed by atoms with Gasteiger partial charge in [0.05, 0.1) is 19.3 Å². The zero-order chi connectivity index (χ0) is 19.3. The van der Waals surface area contributed by atoms with Gasteiger partial charge in [-0.1, -0.05) is 12.1 Å². The lowest BCUT2D eigenvalue weighted by atomic mass is 10.0. The van der Waals surface area contributed by atoms with E-state index < -0.39 is 5.60 Å². The molecule has 0 aliphatic rings. The lowest BCUT2D eigenvalue weighted by molar-refractivity contribution is -0.158. The van der Waals surface area contributed by atoms with Gasteiger partial charge in [0.25, 0.3) is 0 Å². The highest BCUT2D eigenvalue weighted by Crippen LogP contribution is 2.29. The standard InChI is InChI=1S/C20H28N2O4/c1-7-24-19(23)20(5,6)26-18-13(2)8-16(9-14(18)3)11-21-12-17-22-10-15(4)25-17/h8-10,21H,7,11-12H2,1-6H3. The SMILES string of the molecule is CCOC(=O)C(C)(C)Oc1c(C)cc(CNCc2ncc(C)o2)cc1C. The van der Waals surface area contributed by atoms with Gasteiger partial charge in [-0.25, -0.2) is 9.78 Å². The number of rotatable bonds is 8. The van der Waals surface area contributed by atoms with Crippen molar-refractivity contribution in [1.82, 2.24) is 10.3 Å². The second-order valence-electron chi connectivity index (χ2n) is 6.86. The summed E-state index contributed by atoms with van der Waals surface area (Å²) in [5.74, 6) is 1.83. The smallest absolute Gasteiger partial charge is 0.349 e. The molecule has 0 unspecified atom stereocenters. The second kappa shape index (κ2) is 8.36. The quantitative estimate of drug-likeness (QED) is 0.725. The van der Waals surface area contributed by atoms with Gasteiger partial charge in [-0.2, -0.15) is 0 Å².